The smallest absolute Gasteiger partial charge is 0.140 e. The zero-order valence-corrected chi connectivity index (χ0v) is 18.4. The van der Waals surface area contributed by atoms with E-state index in [-0.39, 0.29) is 30.6 Å². The first-order valence-corrected chi connectivity index (χ1v) is 12.8. The summed E-state index contributed by atoms with van der Waals surface area (Å²) in [6.07, 6.45) is 0.710. The fraction of sp³-hybridized carbons (Fsp3) is 0.458. The van der Waals surface area contributed by atoms with E-state index in [9.17, 15) is 9.90 Å². The van der Waals surface area contributed by atoms with Crippen LogP contribution in [0.2, 0.25) is 12.1 Å². The number of ether oxygens (including phenoxy) is 1. The molecule has 28 heavy (non-hydrogen) atoms. The predicted octanol–water partition coefficient (Wildman–Crippen LogP) is 3.26. The van der Waals surface area contributed by atoms with Crippen molar-refractivity contribution >= 4 is 24.2 Å². The van der Waals surface area contributed by atoms with E-state index in [1.807, 2.05) is 12.1 Å². The Morgan fingerprint density at radius 1 is 1.07 bits per heavy atom. The molecule has 2 aromatic rings. The molecule has 1 fully saturated rings. The highest BCUT2D eigenvalue weighted by atomic mass is 28.3. The summed E-state index contributed by atoms with van der Waals surface area (Å²) in [6.45, 7) is 8.86. The standard InChI is InChI=1S/C24H32O3Si/c1-18(2)22-23(26)21(17-24(22,3)27-16-15-25)28(4,19-11-7-5-8-12-19)20-13-9-6-10-14-20/h5-14,18,21-22,25H,15-17H2,1-4H3. The van der Waals surface area contributed by atoms with Crippen LogP contribution in [-0.4, -0.2) is 37.8 Å². The van der Waals surface area contributed by atoms with Crippen LogP contribution in [0.15, 0.2) is 60.7 Å². The molecule has 3 rings (SSSR count). The lowest BCUT2D eigenvalue weighted by Crippen LogP contribution is -2.60. The summed E-state index contributed by atoms with van der Waals surface area (Å²) in [6, 6.07) is 21.1. The third-order valence-corrected chi connectivity index (χ3v) is 11.5. The van der Waals surface area contributed by atoms with Crippen molar-refractivity contribution in [1.82, 2.24) is 0 Å². The Labute approximate surface area is 169 Å². The second kappa shape index (κ2) is 8.32. The average molecular weight is 397 g/mol. The number of carbonyl (C=O) groups excluding carboxylic acids is 1. The fourth-order valence-electron chi connectivity index (χ4n) is 5.24. The van der Waals surface area contributed by atoms with Crippen molar-refractivity contribution in [2.24, 2.45) is 11.8 Å². The Morgan fingerprint density at radius 3 is 2.00 bits per heavy atom. The number of ketones is 1. The van der Waals surface area contributed by atoms with Crippen LogP contribution in [0.4, 0.5) is 0 Å². The lowest BCUT2D eigenvalue weighted by atomic mass is 9.83. The summed E-state index contributed by atoms with van der Waals surface area (Å²) < 4.78 is 6.13. The van der Waals surface area contributed by atoms with Gasteiger partial charge < -0.3 is 9.84 Å². The van der Waals surface area contributed by atoms with Gasteiger partial charge in [-0.05, 0) is 19.3 Å². The van der Waals surface area contributed by atoms with E-state index < -0.39 is 13.7 Å². The van der Waals surface area contributed by atoms with Gasteiger partial charge in [0.1, 0.15) is 13.9 Å². The van der Waals surface area contributed by atoms with Gasteiger partial charge >= 0.3 is 0 Å². The van der Waals surface area contributed by atoms with Gasteiger partial charge in [0.2, 0.25) is 0 Å². The van der Waals surface area contributed by atoms with E-state index in [1.165, 1.54) is 10.4 Å². The first-order valence-electron chi connectivity index (χ1n) is 10.2. The van der Waals surface area contributed by atoms with Gasteiger partial charge in [-0.1, -0.05) is 91.4 Å². The Hall–Kier alpha value is -1.75. The van der Waals surface area contributed by atoms with Gasteiger partial charge in [0.25, 0.3) is 0 Å². The normalized spacial score (nSPS) is 25.4. The SMILES string of the molecule is CC(C)C1C(=O)C([Si](C)(c2ccccc2)c2ccccc2)CC1(C)OCCO. The first kappa shape index (κ1) is 21.0. The maximum absolute atomic E-state index is 13.8. The number of Topliss-reactive ketones (excluding diaryl/α,β-unsaturated/α-hetero) is 1. The highest BCUT2D eigenvalue weighted by Crippen LogP contribution is 2.49. The second-order valence-corrected chi connectivity index (χ2v) is 13.0. The van der Waals surface area contributed by atoms with Crippen LogP contribution in [0.3, 0.4) is 0 Å². The number of hydrogen-bond acceptors (Lipinski definition) is 3. The van der Waals surface area contributed by atoms with E-state index >= 15 is 0 Å². The van der Waals surface area contributed by atoms with E-state index in [0.717, 1.165) is 0 Å². The topological polar surface area (TPSA) is 46.5 Å². The molecular weight excluding hydrogens is 364 g/mol. The third-order valence-electron chi connectivity index (χ3n) is 6.55. The van der Waals surface area contributed by atoms with Crippen molar-refractivity contribution in [3.8, 4) is 0 Å². The molecule has 0 saturated heterocycles. The summed E-state index contributed by atoms with van der Waals surface area (Å²) >= 11 is 0. The Morgan fingerprint density at radius 2 is 1.57 bits per heavy atom. The predicted molar refractivity (Wildman–Crippen MR) is 117 cm³/mol. The monoisotopic (exact) mass is 396 g/mol. The highest BCUT2D eigenvalue weighted by Gasteiger charge is 2.58. The van der Waals surface area contributed by atoms with Gasteiger partial charge in [0.15, 0.2) is 0 Å². The Kier molecular flexibility index (Phi) is 6.23. The van der Waals surface area contributed by atoms with Gasteiger partial charge in [0, 0.05) is 11.5 Å². The van der Waals surface area contributed by atoms with E-state index in [1.54, 1.807) is 0 Å². The second-order valence-electron chi connectivity index (χ2n) is 8.70. The minimum Gasteiger partial charge on any atom is -0.394 e. The van der Waals surface area contributed by atoms with Crippen molar-refractivity contribution < 1.29 is 14.6 Å². The minimum absolute atomic E-state index is 0.0225. The number of carbonyl (C=O) groups is 1. The lowest BCUT2D eigenvalue weighted by Gasteiger charge is -2.35. The molecule has 0 radical (unpaired) electrons. The molecule has 0 amide bonds. The zero-order valence-electron chi connectivity index (χ0n) is 17.4. The van der Waals surface area contributed by atoms with Crippen LogP contribution in [0, 0.1) is 11.8 Å². The number of hydrogen-bond donors (Lipinski definition) is 1. The van der Waals surface area contributed by atoms with Crippen LogP contribution >= 0.6 is 0 Å². The highest BCUT2D eigenvalue weighted by molar-refractivity contribution is 7.04. The van der Waals surface area contributed by atoms with Crippen molar-refractivity contribution in [1.29, 1.82) is 0 Å². The molecule has 1 saturated carbocycles. The molecule has 2 aromatic carbocycles. The van der Waals surface area contributed by atoms with Crippen molar-refractivity contribution in [3.05, 3.63) is 60.7 Å². The summed E-state index contributed by atoms with van der Waals surface area (Å²) in [5.41, 5.74) is -0.579. The molecule has 3 atom stereocenters. The van der Waals surface area contributed by atoms with Crippen molar-refractivity contribution in [2.45, 2.75) is 44.9 Å². The zero-order chi connectivity index (χ0) is 20.4. The number of aliphatic hydroxyl groups is 1. The van der Waals surface area contributed by atoms with Crippen LogP contribution in [-0.2, 0) is 9.53 Å². The van der Waals surface area contributed by atoms with Crippen molar-refractivity contribution in [3.63, 3.8) is 0 Å². The van der Waals surface area contributed by atoms with Crippen LogP contribution in [0.25, 0.3) is 0 Å². The molecule has 3 unspecified atom stereocenters. The maximum Gasteiger partial charge on any atom is 0.140 e. The lowest BCUT2D eigenvalue weighted by molar-refractivity contribution is -0.131. The van der Waals surface area contributed by atoms with E-state index in [4.69, 9.17) is 4.74 Å². The third kappa shape index (κ3) is 3.61. The molecular formula is C24H32O3Si. The fourth-order valence-corrected chi connectivity index (χ4v) is 9.71. The average Bonchev–Trinajstić information content (AvgIpc) is 2.98. The van der Waals surface area contributed by atoms with Gasteiger partial charge in [0.05, 0.1) is 18.8 Å². The van der Waals surface area contributed by atoms with Gasteiger partial charge in [-0.15, -0.1) is 0 Å². The largest absolute Gasteiger partial charge is 0.394 e. The molecule has 4 heteroatoms. The molecule has 0 aliphatic heterocycles. The van der Waals surface area contributed by atoms with E-state index in [0.29, 0.717) is 12.2 Å². The molecule has 0 aromatic heterocycles. The van der Waals surface area contributed by atoms with Crippen LogP contribution in [0.1, 0.15) is 27.2 Å². The molecule has 1 aliphatic rings. The molecule has 1 N–H and O–H groups in total. The van der Waals surface area contributed by atoms with Gasteiger partial charge in [-0.3, -0.25) is 4.79 Å². The quantitative estimate of drug-likeness (QED) is 0.731. The molecule has 0 bridgehead atoms. The minimum atomic E-state index is -2.34. The summed E-state index contributed by atoms with van der Waals surface area (Å²) in [5.74, 6) is 0.381. The van der Waals surface area contributed by atoms with Gasteiger partial charge in [-0.25, -0.2) is 0 Å². The number of rotatable bonds is 7. The van der Waals surface area contributed by atoms with E-state index in [2.05, 4.69) is 75.8 Å². The molecule has 0 spiro atoms. The molecule has 150 valence electrons. The summed E-state index contributed by atoms with van der Waals surface area (Å²) in [5, 5.41) is 11.9. The van der Waals surface area contributed by atoms with Crippen molar-refractivity contribution in [2.75, 3.05) is 13.2 Å². The summed E-state index contributed by atoms with van der Waals surface area (Å²) in [4.78, 5) is 13.8. The molecule has 0 heterocycles. The number of aliphatic hydroxyl groups excluding tert-OH is 1. The first-order chi connectivity index (χ1) is 13.3. The Bertz CT molecular complexity index is 751. The molecule has 3 nitrogen and oxygen atoms in total. The summed E-state index contributed by atoms with van der Waals surface area (Å²) in [7, 11) is -2.34. The van der Waals surface area contributed by atoms with Crippen LogP contribution in [0.5, 0.6) is 0 Å². The van der Waals surface area contributed by atoms with Gasteiger partial charge in [-0.2, -0.15) is 0 Å². The maximum atomic E-state index is 13.8. The Balaban J connectivity index is 2.12. The number of benzene rings is 2. The van der Waals surface area contributed by atoms with Crippen LogP contribution < -0.4 is 10.4 Å². The molecule has 1 aliphatic carbocycles.